The van der Waals surface area contributed by atoms with Gasteiger partial charge in [0.15, 0.2) is 46.3 Å². The van der Waals surface area contributed by atoms with Gasteiger partial charge in [0.05, 0.1) is 24.3 Å². The van der Waals surface area contributed by atoms with E-state index < -0.39 is 18.3 Å². The Morgan fingerprint density at radius 2 is 0.585 bits per heavy atom. The zero-order valence-electron chi connectivity index (χ0n) is 66.2. The summed E-state index contributed by atoms with van der Waals surface area (Å²) in [5.41, 5.74) is 26.4. The molecule has 1 saturated heterocycles. The lowest BCUT2D eigenvalue weighted by Gasteiger charge is -2.32. The predicted molar refractivity (Wildman–Crippen MR) is 481 cm³/mol. The van der Waals surface area contributed by atoms with Crippen LogP contribution in [-0.2, 0) is 20.1 Å². The van der Waals surface area contributed by atoms with Gasteiger partial charge in [-0.2, -0.15) is 0 Å². The van der Waals surface area contributed by atoms with Crippen molar-refractivity contribution in [3.05, 3.63) is 365 Å². The summed E-state index contributed by atoms with van der Waals surface area (Å²) in [6.07, 6.45) is 0. The number of rotatable bonds is 10. The number of fused-ring (bicyclic) bond motifs is 12. The summed E-state index contributed by atoms with van der Waals surface area (Å²) in [6, 6.07) is 107. The first kappa shape index (κ1) is 74.3. The number of aromatic nitrogens is 6. The molecule has 1 aliphatic heterocycles. The third kappa shape index (κ3) is 13.2. The Morgan fingerprint density at radius 1 is 0.288 bits per heavy atom. The molecule has 0 bridgehead atoms. The normalized spacial score (nSPS) is 14.1. The number of furan rings is 2. The second-order valence-electron chi connectivity index (χ2n) is 32.2. The molecule has 118 heavy (non-hydrogen) atoms. The van der Waals surface area contributed by atoms with Gasteiger partial charge in [0.1, 0.15) is 22.3 Å². The predicted octanol–water partition coefficient (Wildman–Crippen LogP) is 27.0. The average molecular weight is 1590 g/mol. The van der Waals surface area contributed by atoms with Gasteiger partial charge < -0.3 is 18.1 Å². The van der Waals surface area contributed by atoms with Crippen molar-refractivity contribution in [1.82, 2.24) is 29.9 Å². The van der Waals surface area contributed by atoms with E-state index in [0.29, 0.717) is 46.3 Å². The van der Waals surface area contributed by atoms with E-state index in [-0.39, 0.29) is 10.8 Å². The van der Waals surface area contributed by atoms with Gasteiger partial charge in [0.25, 0.3) is 0 Å². The van der Waals surface area contributed by atoms with E-state index in [2.05, 4.69) is 213 Å². The second-order valence-corrected chi connectivity index (χ2v) is 33.1. The largest absolute Gasteiger partial charge is 0.498 e. The average Bonchev–Trinajstić information content (AvgIpc) is 1.57. The smallest absolute Gasteiger partial charge is 0.456 e. The minimum absolute atomic E-state index is 0.207. The van der Waals surface area contributed by atoms with Crippen LogP contribution < -0.4 is 5.46 Å². The highest BCUT2D eigenvalue weighted by Gasteiger charge is 2.53. The molecule has 0 amide bonds. The third-order valence-electron chi connectivity index (χ3n) is 23.7. The van der Waals surface area contributed by atoms with Crippen LogP contribution in [0.1, 0.15) is 77.6 Å². The maximum Gasteiger partial charge on any atom is 0.498 e. The molecule has 0 unspecified atom stereocenters. The van der Waals surface area contributed by atoms with E-state index in [0.717, 1.165) is 121 Å². The molecule has 21 rings (SSSR count). The van der Waals surface area contributed by atoms with Gasteiger partial charge in [0.2, 0.25) is 0 Å². The maximum absolute atomic E-state index is 7.58. The molecule has 0 N–H and O–H groups in total. The Bertz CT molecular complexity index is 6960. The van der Waals surface area contributed by atoms with Crippen molar-refractivity contribution in [3.8, 4) is 124 Å². The number of nitrogens with zero attached hydrogens (tertiary/aromatic N) is 8. The molecule has 2 aliphatic carbocycles. The standard InChI is InChI=1S/C49H32N4O.C34H30BNO3.C21H14BrN3/c1-49(2)41-28-34(22-24-38(41)39-25-23-35(50-3)29-42(39)49)36-26-27-37(45-44(36)40-16-10-11-17-43(40)54-45)30-18-20-33(21-19-30)48-52-46(31-12-6-4-7-13-31)51-47(53-48)32-14-8-5-9-15-32;1-32(2)26-18-20(12-14-23(26)24-15-13-21(36-7)19-27(24)32)22-16-17-28(35-38-33(3,4)34(5,6)39-35)31-30(22)25-10-8-9-11-29(25)37-31;22-18-13-11-17(12-14-18)21-24-19(15-7-3-1-4-8-15)23-20(25-21)16-9-5-2-6-10-16/h4-29H,1-2H3;8-19H,1-6H3;1-14H. The van der Waals surface area contributed by atoms with Gasteiger partial charge in [-0.05, 0) is 142 Å². The molecule has 0 radical (unpaired) electrons. The van der Waals surface area contributed by atoms with Crippen LogP contribution in [-0.4, -0.2) is 48.2 Å². The number of hydrogen-bond acceptors (Lipinski definition) is 10. The molecule has 14 heteroatoms. The maximum atomic E-state index is 7.58. The first-order valence-electron chi connectivity index (χ1n) is 39.5. The molecule has 18 aromatic rings. The fourth-order valence-corrected chi connectivity index (χ4v) is 17.0. The van der Waals surface area contributed by atoms with Crippen molar-refractivity contribution in [2.75, 3.05) is 0 Å². The van der Waals surface area contributed by atoms with E-state index in [4.69, 9.17) is 56.2 Å². The first-order valence-corrected chi connectivity index (χ1v) is 40.3. The van der Waals surface area contributed by atoms with Gasteiger partial charge in [-0.1, -0.05) is 317 Å². The van der Waals surface area contributed by atoms with Gasteiger partial charge in [0, 0.05) is 81.3 Å². The van der Waals surface area contributed by atoms with Crippen LogP contribution in [0.4, 0.5) is 11.4 Å². The molecule has 4 aromatic heterocycles. The molecule has 0 atom stereocenters. The zero-order chi connectivity index (χ0) is 80.8. The number of halogens is 1. The van der Waals surface area contributed by atoms with Crippen LogP contribution in [0.5, 0.6) is 0 Å². The molecule has 0 spiro atoms. The SMILES string of the molecule is Brc1ccc(-c2nc(-c3ccccc3)nc(-c3ccccc3)n2)cc1.[C-]#[N+]c1ccc2c(c1)C(C)(C)c1cc(-c3ccc(-c4ccc(-c5nc(-c6ccccc6)nc(-c6ccccc6)n5)cc4)c4oc5ccccc5c34)ccc1-2.[C-]#[N+]c1ccc2c(c1)C(C)(C)c1cc(-c3ccc(B4OC(C)(C)C(C)(C)O4)c4oc5ccccc5c34)ccc1-2. The number of hydrogen-bond donors (Lipinski definition) is 0. The summed E-state index contributed by atoms with van der Waals surface area (Å²) in [4.78, 5) is 36.2. The molecule has 14 aromatic carbocycles. The molecule has 1 fully saturated rings. The minimum atomic E-state index is -0.516. The lowest BCUT2D eigenvalue weighted by Crippen LogP contribution is -2.41. The van der Waals surface area contributed by atoms with E-state index in [1.807, 2.05) is 188 Å². The van der Waals surface area contributed by atoms with Gasteiger partial charge in [-0.25, -0.2) is 39.6 Å². The van der Waals surface area contributed by atoms with Gasteiger partial charge in [-0.3, -0.25) is 0 Å². The first-order chi connectivity index (χ1) is 57.3. The van der Waals surface area contributed by atoms with Crippen LogP contribution in [0.3, 0.4) is 0 Å². The Morgan fingerprint density at radius 3 is 0.983 bits per heavy atom. The van der Waals surface area contributed by atoms with Crippen LogP contribution >= 0.6 is 15.9 Å². The molecule has 0 saturated carbocycles. The highest BCUT2D eigenvalue weighted by molar-refractivity contribution is 9.10. The van der Waals surface area contributed by atoms with Crippen LogP contribution in [0.15, 0.2) is 329 Å². The highest BCUT2D eigenvalue weighted by atomic mass is 79.9. The molecular weight excluding hydrogens is 1520 g/mol. The Labute approximate surface area is 693 Å². The van der Waals surface area contributed by atoms with Crippen molar-refractivity contribution in [1.29, 1.82) is 0 Å². The van der Waals surface area contributed by atoms with Crippen LogP contribution in [0.2, 0.25) is 0 Å². The molecule has 3 aliphatic rings. The molecule has 566 valence electrons. The number of para-hydroxylation sites is 2. The fourth-order valence-electron chi connectivity index (χ4n) is 16.7. The van der Waals surface area contributed by atoms with E-state index in [9.17, 15) is 0 Å². The van der Waals surface area contributed by atoms with Crippen molar-refractivity contribution in [2.24, 2.45) is 0 Å². The van der Waals surface area contributed by atoms with Crippen molar-refractivity contribution < 1.29 is 18.1 Å². The van der Waals surface area contributed by atoms with Gasteiger partial charge >= 0.3 is 7.12 Å². The van der Waals surface area contributed by atoms with E-state index in [1.54, 1.807) is 0 Å². The summed E-state index contributed by atoms with van der Waals surface area (Å²) in [7, 11) is -0.516. The summed E-state index contributed by atoms with van der Waals surface area (Å²) in [6.45, 7) is 32.4. The van der Waals surface area contributed by atoms with Crippen molar-refractivity contribution >= 4 is 83.8 Å². The minimum Gasteiger partial charge on any atom is -0.456 e. The lowest BCUT2D eigenvalue weighted by atomic mass is 9.76. The van der Waals surface area contributed by atoms with Crippen LogP contribution in [0.25, 0.3) is 178 Å². The number of benzene rings is 14. The summed E-state index contributed by atoms with van der Waals surface area (Å²) in [5.74, 6) is 3.90. The quantitative estimate of drug-likeness (QED) is 0.0963. The van der Waals surface area contributed by atoms with Gasteiger partial charge in [-0.15, -0.1) is 0 Å². The zero-order valence-corrected chi connectivity index (χ0v) is 67.8. The van der Waals surface area contributed by atoms with Crippen LogP contribution in [0, 0.1) is 13.1 Å². The van der Waals surface area contributed by atoms with Crippen molar-refractivity contribution in [3.63, 3.8) is 0 Å². The third-order valence-corrected chi connectivity index (χ3v) is 24.3. The Hall–Kier alpha value is -13.9. The van der Waals surface area contributed by atoms with E-state index in [1.165, 1.54) is 44.5 Å². The second kappa shape index (κ2) is 29.5. The molecular formula is C104H76BBrN8O4. The highest BCUT2D eigenvalue weighted by Crippen LogP contribution is 2.54. The Balaban J connectivity index is 0.000000126. The Kier molecular flexibility index (Phi) is 18.5. The topological polar surface area (TPSA) is 131 Å². The lowest BCUT2D eigenvalue weighted by molar-refractivity contribution is 0.00578. The summed E-state index contributed by atoms with van der Waals surface area (Å²) in [5, 5.41) is 4.32. The monoisotopic (exact) mass is 1590 g/mol. The van der Waals surface area contributed by atoms with Crippen molar-refractivity contribution in [2.45, 2.75) is 77.4 Å². The molecule has 5 heterocycles. The fraction of sp³-hybridized carbons (Fsp3) is 0.115. The summed E-state index contributed by atoms with van der Waals surface area (Å²) < 4.78 is 27.1. The summed E-state index contributed by atoms with van der Waals surface area (Å²) >= 11 is 3.47. The van der Waals surface area contributed by atoms with E-state index >= 15 is 0 Å². The molecule has 12 nitrogen and oxygen atoms in total.